The third kappa shape index (κ3) is 5.64. The molecule has 226 valence electrons. The van der Waals surface area contributed by atoms with Crippen LogP contribution in [0.1, 0.15) is 67.4 Å². The Labute approximate surface area is 259 Å². The number of nitrogens with one attached hydrogen (secondary N) is 1. The van der Waals surface area contributed by atoms with Crippen LogP contribution in [-0.4, -0.2) is 51.6 Å². The smallest absolute Gasteiger partial charge is 0.264 e. The van der Waals surface area contributed by atoms with Crippen LogP contribution in [0.5, 0.6) is 0 Å². The Morgan fingerprint density at radius 3 is 2.74 bits per heavy atom. The summed E-state index contributed by atoms with van der Waals surface area (Å²) in [4.78, 5) is 17.0. The number of sulfonamides is 1. The predicted molar refractivity (Wildman–Crippen MR) is 171 cm³/mol. The van der Waals surface area contributed by atoms with Crippen molar-refractivity contribution >= 4 is 45.0 Å². The van der Waals surface area contributed by atoms with Crippen molar-refractivity contribution in [3.8, 4) is 0 Å². The van der Waals surface area contributed by atoms with Crippen LogP contribution in [0, 0.1) is 17.8 Å². The molecule has 9 heteroatoms. The van der Waals surface area contributed by atoms with Crippen LogP contribution in [0.25, 0.3) is 0 Å². The minimum absolute atomic E-state index is 0.00543. The van der Waals surface area contributed by atoms with Gasteiger partial charge in [0, 0.05) is 46.8 Å². The molecular formula is C33H41ClN2O4S2. The highest BCUT2D eigenvalue weighted by atomic mass is 35.5. The van der Waals surface area contributed by atoms with E-state index in [1.807, 2.05) is 36.9 Å². The number of hydrogen-bond donors (Lipinski definition) is 1. The lowest BCUT2D eigenvalue weighted by molar-refractivity contribution is 0.0132. The molecule has 2 heterocycles. The van der Waals surface area contributed by atoms with E-state index >= 15 is 0 Å². The maximum Gasteiger partial charge on any atom is 0.264 e. The summed E-state index contributed by atoms with van der Waals surface area (Å²) >= 11 is 8.28. The molecule has 6 nitrogen and oxygen atoms in total. The number of allylic oxidation sites excluding steroid dienone is 1. The number of aryl methyl sites for hydroxylation is 1. The Bertz CT molecular complexity index is 1490. The van der Waals surface area contributed by atoms with E-state index < -0.39 is 21.2 Å². The fourth-order valence-electron chi connectivity index (χ4n) is 7.39. The number of rotatable bonds is 1. The largest absolute Gasteiger partial charge is 0.377 e. The number of benzene rings is 2. The van der Waals surface area contributed by atoms with Crippen molar-refractivity contribution in [2.75, 3.05) is 30.9 Å². The van der Waals surface area contributed by atoms with Crippen LogP contribution in [-0.2, 0) is 26.6 Å². The third-order valence-electron chi connectivity index (χ3n) is 10.3. The molecule has 1 saturated carbocycles. The summed E-state index contributed by atoms with van der Waals surface area (Å²) in [6, 6.07) is 12.1. The maximum absolute atomic E-state index is 13.4. The number of fused-ring (bicyclic) bond motifs is 4. The first-order chi connectivity index (χ1) is 20.1. The molecule has 2 aliphatic heterocycles. The second-order valence-corrected chi connectivity index (χ2v) is 16.3. The van der Waals surface area contributed by atoms with Crippen LogP contribution in [0.3, 0.4) is 0 Å². The molecule has 2 bridgehead atoms. The first-order valence-corrected chi connectivity index (χ1v) is 18.1. The number of amides is 1. The quantitative estimate of drug-likeness (QED) is 0.358. The van der Waals surface area contributed by atoms with E-state index in [0.717, 1.165) is 66.6 Å². The summed E-state index contributed by atoms with van der Waals surface area (Å²) in [6.45, 7) is 5.31. The van der Waals surface area contributed by atoms with Crippen LogP contribution in [0.4, 0.5) is 5.69 Å². The minimum Gasteiger partial charge on any atom is -0.377 e. The zero-order valence-corrected chi connectivity index (χ0v) is 27.0. The van der Waals surface area contributed by atoms with Gasteiger partial charge in [-0.3, -0.25) is 4.79 Å². The van der Waals surface area contributed by atoms with Gasteiger partial charge in [-0.25, -0.2) is 13.1 Å². The third-order valence-corrected chi connectivity index (χ3v) is 13.8. The summed E-state index contributed by atoms with van der Waals surface area (Å²) in [5, 5.41) is 0.0646. The van der Waals surface area contributed by atoms with E-state index in [4.69, 9.17) is 16.3 Å². The summed E-state index contributed by atoms with van der Waals surface area (Å²) in [6.07, 6.45) is 10.3. The van der Waals surface area contributed by atoms with Crippen molar-refractivity contribution < 1.29 is 17.9 Å². The Kier molecular flexibility index (Phi) is 8.46. The number of carbonyl (C=O) groups excluding carboxylic acids is 1. The second-order valence-electron chi connectivity index (χ2n) is 12.8. The predicted octanol–water partition coefficient (Wildman–Crippen LogP) is 6.61. The summed E-state index contributed by atoms with van der Waals surface area (Å²) in [5.74, 6) is 1.08. The van der Waals surface area contributed by atoms with Gasteiger partial charge in [-0.1, -0.05) is 36.7 Å². The summed E-state index contributed by atoms with van der Waals surface area (Å²) in [7, 11) is -2.08. The van der Waals surface area contributed by atoms with Crippen molar-refractivity contribution in [2.45, 2.75) is 74.0 Å². The Morgan fingerprint density at radius 1 is 1.14 bits per heavy atom. The van der Waals surface area contributed by atoms with Gasteiger partial charge in [-0.15, -0.1) is 11.8 Å². The zero-order chi connectivity index (χ0) is 29.6. The van der Waals surface area contributed by atoms with E-state index in [2.05, 4.69) is 33.9 Å². The number of anilines is 1. The topological polar surface area (TPSA) is 75.7 Å². The summed E-state index contributed by atoms with van der Waals surface area (Å²) < 4.78 is 34.8. The van der Waals surface area contributed by atoms with Crippen LogP contribution < -0.4 is 9.62 Å². The van der Waals surface area contributed by atoms with Gasteiger partial charge in [-0.2, -0.15) is 0 Å². The molecule has 1 N–H and O–H groups in total. The van der Waals surface area contributed by atoms with Gasteiger partial charge in [0.05, 0.1) is 17.0 Å². The lowest BCUT2D eigenvalue weighted by atomic mass is 9.68. The molecule has 2 aromatic carbocycles. The highest BCUT2D eigenvalue weighted by molar-refractivity contribution is 7.99. The number of nitrogens with zero attached hydrogens (tertiary/aromatic N) is 1. The van der Waals surface area contributed by atoms with E-state index in [1.165, 1.54) is 11.1 Å². The molecule has 0 saturated heterocycles. The Morgan fingerprint density at radius 2 is 1.98 bits per heavy atom. The van der Waals surface area contributed by atoms with Crippen molar-refractivity contribution in [3.05, 3.63) is 70.3 Å². The number of hydrogen-bond acceptors (Lipinski definition) is 6. The molecule has 6 rings (SSSR count). The molecule has 2 aromatic rings. The van der Waals surface area contributed by atoms with Gasteiger partial charge in [0.1, 0.15) is 0 Å². The fourth-order valence-corrected chi connectivity index (χ4v) is 10.2. The van der Waals surface area contributed by atoms with E-state index in [-0.39, 0.29) is 17.4 Å². The molecule has 42 heavy (non-hydrogen) atoms. The van der Waals surface area contributed by atoms with Crippen LogP contribution in [0.2, 0.25) is 5.02 Å². The van der Waals surface area contributed by atoms with Gasteiger partial charge in [0.2, 0.25) is 10.0 Å². The lowest BCUT2D eigenvalue weighted by Gasteiger charge is -2.46. The molecule has 0 radical (unpaired) electrons. The van der Waals surface area contributed by atoms with Gasteiger partial charge in [-0.05, 0) is 105 Å². The minimum atomic E-state index is -3.86. The van der Waals surface area contributed by atoms with Gasteiger partial charge < -0.3 is 9.64 Å². The van der Waals surface area contributed by atoms with Gasteiger partial charge in [0.25, 0.3) is 5.91 Å². The van der Waals surface area contributed by atoms with Crippen LogP contribution in [0.15, 0.2) is 53.4 Å². The van der Waals surface area contributed by atoms with Crippen LogP contribution >= 0.6 is 23.4 Å². The van der Waals surface area contributed by atoms with Crippen molar-refractivity contribution in [2.24, 2.45) is 17.8 Å². The first kappa shape index (κ1) is 30.0. The average Bonchev–Trinajstić information content (AvgIpc) is 3.10. The fraction of sp³-hybridized carbons (Fsp3) is 0.545. The molecule has 2 aliphatic carbocycles. The molecule has 6 atom stereocenters. The molecule has 0 aromatic heterocycles. The van der Waals surface area contributed by atoms with Crippen molar-refractivity contribution in [3.63, 3.8) is 0 Å². The molecule has 1 spiro atoms. The van der Waals surface area contributed by atoms with E-state index in [9.17, 15) is 13.2 Å². The van der Waals surface area contributed by atoms with Crippen molar-refractivity contribution in [1.82, 2.24) is 4.72 Å². The number of halogens is 1. The Hall–Kier alpha value is -2.00. The van der Waals surface area contributed by atoms with E-state index in [1.54, 1.807) is 20.1 Å². The van der Waals surface area contributed by atoms with Gasteiger partial charge in [0.15, 0.2) is 0 Å². The number of ether oxygens (including phenoxy) is 1. The zero-order valence-electron chi connectivity index (χ0n) is 24.6. The Balaban J connectivity index is 1.43. The molecule has 4 aliphatic rings. The SMILES string of the molecule is CO[C@H]1/C=C/C[C@H](C)[C@@H](C)S(=O)(=O)NC(=O)c2ccc3c(c2)N(C[C@@H]2CC[C@H]21)C[C@@]1(CCCc2cc(Cl)ccc21)CS3. The lowest BCUT2D eigenvalue weighted by Crippen LogP contribution is -2.49. The second kappa shape index (κ2) is 11.8. The highest BCUT2D eigenvalue weighted by Crippen LogP contribution is 2.49. The highest BCUT2D eigenvalue weighted by Gasteiger charge is 2.44. The normalized spacial score (nSPS) is 33.5. The number of methoxy groups -OCH3 is 1. The molecule has 1 fully saturated rings. The standard InChI is InChI=1S/C33H41ClN2O4S2/c1-21-6-4-8-30(40-3)27-12-9-25(27)18-36-19-33(15-5-7-23-16-26(34)11-13-28(23)33)20-41-31-14-10-24(17-29(31)36)32(37)35-42(38,39)22(21)2/h4,8,10-11,13-14,16-17,21-22,25,27,30H,5-7,9,12,15,18-20H2,1-3H3,(H,35,37)/b8-4+/t21-,22+,25-,27+,30-,33-/m0/s1. The van der Waals surface area contributed by atoms with Gasteiger partial charge >= 0.3 is 0 Å². The van der Waals surface area contributed by atoms with E-state index in [0.29, 0.717) is 23.8 Å². The summed E-state index contributed by atoms with van der Waals surface area (Å²) in [5.41, 5.74) is 4.09. The molecule has 1 amide bonds. The maximum atomic E-state index is 13.4. The monoisotopic (exact) mass is 628 g/mol. The number of carbonyl (C=O) groups is 1. The average molecular weight is 629 g/mol. The molecular weight excluding hydrogens is 588 g/mol. The first-order valence-electron chi connectivity index (χ1n) is 15.2. The number of thioether (sulfide) groups is 1. The molecule has 0 unspecified atom stereocenters. The van der Waals surface area contributed by atoms with Crippen molar-refractivity contribution in [1.29, 1.82) is 0 Å².